The molecule has 2 aliphatic heterocycles. The summed E-state index contributed by atoms with van der Waals surface area (Å²) in [5, 5.41) is 0. The van der Waals surface area contributed by atoms with Gasteiger partial charge >= 0.3 is 0 Å². The van der Waals surface area contributed by atoms with Gasteiger partial charge in [-0.3, -0.25) is 4.90 Å². The number of piperidine rings is 1. The Morgan fingerprint density at radius 3 is 2.55 bits per heavy atom. The molecule has 0 spiro atoms. The lowest BCUT2D eigenvalue weighted by molar-refractivity contribution is 0.100. The van der Waals surface area contributed by atoms with E-state index < -0.39 is 0 Å². The Hall–Kier alpha value is -0.290. The molecule has 2 aliphatic rings. The van der Waals surface area contributed by atoms with E-state index in [9.17, 15) is 0 Å². The summed E-state index contributed by atoms with van der Waals surface area (Å²) >= 11 is 2.39. The average molecular weight is 384 g/mol. The zero-order valence-electron chi connectivity index (χ0n) is 12.6. The first kappa shape index (κ1) is 14.6. The van der Waals surface area contributed by atoms with Gasteiger partial charge in [-0.05, 0) is 72.2 Å². The lowest BCUT2D eigenvalue weighted by Crippen LogP contribution is -2.61. The number of halogens is 1. The second kappa shape index (κ2) is 6.22. The van der Waals surface area contributed by atoms with Gasteiger partial charge in [0.05, 0.1) is 0 Å². The van der Waals surface area contributed by atoms with Crippen molar-refractivity contribution in [2.45, 2.75) is 45.2 Å². The van der Waals surface area contributed by atoms with Gasteiger partial charge in [-0.15, -0.1) is 0 Å². The number of rotatable bonds is 2. The fourth-order valence-corrected chi connectivity index (χ4v) is 4.07. The van der Waals surface area contributed by atoms with Gasteiger partial charge in [0.25, 0.3) is 0 Å². The van der Waals surface area contributed by atoms with Crippen LogP contribution >= 0.6 is 22.6 Å². The van der Waals surface area contributed by atoms with Crippen molar-refractivity contribution in [2.24, 2.45) is 5.92 Å². The van der Waals surface area contributed by atoms with E-state index in [-0.39, 0.29) is 0 Å². The minimum absolute atomic E-state index is 0.657. The summed E-state index contributed by atoms with van der Waals surface area (Å²) in [6.07, 6.45) is 4.19. The maximum Gasteiger partial charge on any atom is 0.0440 e. The molecule has 2 nitrogen and oxygen atoms in total. The maximum atomic E-state index is 2.75. The van der Waals surface area contributed by atoms with Crippen molar-refractivity contribution < 1.29 is 0 Å². The van der Waals surface area contributed by atoms with Gasteiger partial charge in [-0.25, -0.2) is 0 Å². The van der Waals surface area contributed by atoms with Crippen LogP contribution in [0.5, 0.6) is 0 Å². The highest BCUT2D eigenvalue weighted by Gasteiger charge is 2.36. The minimum atomic E-state index is 0.657. The number of anilines is 1. The number of hydrogen-bond acceptors (Lipinski definition) is 2. The molecular formula is C17H25IN2. The van der Waals surface area contributed by atoms with E-state index in [0.717, 1.165) is 6.04 Å². The van der Waals surface area contributed by atoms with Crippen molar-refractivity contribution in [1.82, 2.24) is 4.90 Å². The largest absolute Gasteiger partial charge is 0.365 e. The van der Waals surface area contributed by atoms with Crippen molar-refractivity contribution >= 4 is 28.3 Å². The van der Waals surface area contributed by atoms with Crippen LogP contribution in [0.3, 0.4) is 0 Å². The lowest BCUT2D eigenvalue weighted by atomic mass is 9.91. The fourth-order valence-electron chi connectivity index (χ4n) is 3.71. The molecule has 3 rings (SSSR count). The summed E-state index contributed by atoms with van der Waals surface area (Å²) in [4.78, 5) is 5.42. The molecule has 0 saturated carbocycles. The molecule has 110 valence electrons. The van der Waals surface area contributed by atoms with Crippen LogP contribution < -0.4 is 4.90 Å². The van der Waals surface area contributed by atoms with Crippen LogP contribution in [0.2, 0.25) is 0 Å². The quantitative estimate of drug-likeness (QED) is 0.712. The Balaban J connectivity index is 1.84. The SMILES string of the molecule is CC(C)C1CN2CCCCC2CN1c1ccc(I)cc1. The summed E-state index contributed by atoms with van der Waals surface area (Å²) < 4.78 is 1.32. The average Bonchev–Trinajstić information content (AvgIpc) is 2.46. The predicted molar refractivity (Wildman–Crippen MR) is 94.3 cm³/mol. The summed E-state index contributed by atoms with van der Waals surface area (Å²) in [7, 11) is 0. The van der Waals surface area contributed by atoms with Gasteiger partial charge in [0.1, 0.15) is 0 Å². The van der Waals surface area contributed by atoms with Crippen molar-refractivity contribution in [3.63, 3.8) is 0 Å². The highest BCUT2D eigenvalue weighted by atomic mass is 127. The number of fused-ring (bicyclic) bond motifs is 1. The van der Waals surface area contributed by atoms with E-state index in [4.69, 9.17) is 0 Å². The fraction of sp³-hybridized carbons (Fsp3) is 0.647. The van der Waals surface area contributed by atoms with Crippen LogP contribution in [0.1, 0.15) is 33.1 Å². The Morgan fingerprint density at radius 2 is 1.85 bits per heavy atom. The van der Waals surface area contributed by atoms with Crippen molar-refractivity contribution in [3.05, 3.63) is 27.8 Å². The number of piperazine rings is 1. The Kier molecular flexibility index (Phi) is 4.55. The summed E-state index contributed by atoms with van der Waals surface area (Å²) in [6.45, 7) is 8.51. The monoisotopic (exact) mass is 384 g/mol. The second-order valence-corrected chi connectivity index (χ2v) is 7.83. The molecule has 0 aliphatic carbocycles. The molecule has 20 heavy (non-hydrogen) atoms. The van der Waals surface area contributed by atoms with Crippen LogP contribution in [-0.2, 0) is 0 Å². The highest BCUT2D eigenvalue weighted by Crippen LogP contribution is 2.31. The summed E-state index contributed by atoms with van der Waals surface area (Å²) in [5.41, 5.74) is 1.41. The van der Waals surface area contributed by atoms with Crippen molar-refractivity contribution in [2.75, 3.05) is 24.5 Å². The van der Waals surface area contributed by atoms with Crippen LogP contribution in [-0.4, -0.2) is 36.6 Å². The third-order valence-electron chi connectivity index (χ3n) is 4.91. The van der Waals surface area contributed by atoms with Gasteiger partial charge in [-0.2, -0.15) is 0 Å². The maximum absolute atomic E-state index is 2.75. The molecule has 0 amide bonds. The third-order valence-corrected chi connectivity index (χ3v) is 5.63. The van der Waals surface area contributed by atoms with Gasteiger partial charge in [0.2, 0.25) is 0 Å². The molecule has 0 bridgehead atoms. The van der Waals surface area contributed by atoms with E-state index in [1.54, 1.807) is 0 Å². The van der Waals surface area contributed by atoms with Crippen LogP contribution in [0.4, 0.5) is 5.69 Å². The molecule has 0 radical (unpaired) electrons. The molecule has 3 heteroatoms. The van der Waals surface area contributed by atoms with Gasteiger partial charge in [-0.1, -0.05) is 20.3 Å². The molecule has 1 aromatic rings. The number of hydrogen-bond donors (Lipinski definition) is 0. The third kappa shape index (κ3) is 2.98. The van der Waals surface area contributed by atoms with Crippen LogP contribution in [0.15, 0.2) is 24.3 Å². The normalized spacial score (nSPS) is 27.7. The summed E-state index contributed by atoms with van der Waals surface area (Å²) in [5.74, 6) is 0.706. The van der Waals surface area contributed by atoms with E-state index in [1.807, 2.05) is 0 Å². The molecule has 2 atom stereocenters. The molecule has 2 heterocycles. The smallest absolute Gasteiger partial charge is 0.0440 e. The van der Waals surface area contributed by atoms with Gasteiger partial charge in [0.15, 0.2) is 0 Å². The zero-order valence-corrected chi connectivity index (χ0v) is 14.7. The van der Waals surface area contributed by atoms with Crippen LogP contribution in [0.25, 0.3) is 0 Å². The molecule has 2 fully saturated rings. The Labute approximate surface area is 136 Å². The number of nitrogens with zero attached hydrogens (tertiary/aromatic N) is 2. The van der Waals surface area contributed by atoms with E-state index in [2.05, 4.69) is 70.5 Å². The molecule has 0 aromatic heterocycles. The summed E-state index contributed by atoms with van der Waals surface area (Å²) in [6, 6.07) is 10.5. The molecule has 2 saturated heterocycles. The molecular weight excluding hydrogens is 359 g/mol. The first-order chi connectivity index (χ1) is 9.65. The first-order valence-electron chi connectivity index (χ1n) is 7.91. The molecule has 2 unspecified atom stereocenters. The van der Waals surface area contributed by atoms with Crippen LogP contribution in [0, 0.1) is 9.49 Å². The lowest BCUT2D eigenvalue weighted by Gasteiger charge is -2.50. The van der Waals surface area contributed by atoms with Crippen molar-refractivity contribution in [1.29, 1.82) is 0 Å². The van der Waals surface area contributed by atoms with Gasteiger partial charge in [0, 0.05) is 34.4 Å². The number of benzene rings is 1. The highest BCUT2D eigenvalue weighted by molar-refractivity contribution is 14.1. The van der Waals surface area contributed by atoms with E-state index in [0.29, 0.717) is 12.0 Å². The zero-order chi connectivity index (χ0) is 14.1. The minimum Gasteiger partial charge on any atom is -0.365 e. The second-order valence-electron chi connectivity index (χ2n) is 6.58. The topological polar surface area (TPSA) is 6.48 Å². The molecule has 0 N–H and O–H groups in total. The Morgan fingerprint density at radius 1 is 1.10 bits per heavy atom. The molecule has 1 aromatic carbocycles. The Bertz CT molecular complexity index is 443. The first-order valence-corrected chi connectivity index (χ1v) is 8.99. The predicted octanol–water partition coefficient (Wildman–Crippen LogP) is 3.99. The van der Waals surface area contributed by atoms with E-state index in [1.165, 1.54) is 48.2 Å². The van der Waals surface area contributed by atoms with Gasteiger partial charge < -0.3 is 4.90 Å². The van der Waals surface area contributed by atoms with Crippen molar-refractivity contribution in [3.8, 4) is 0 Å². The van der Waals surface area contributed by atoms with E-state index >= 15 is 0 Å². The standard InChI is InChI=1S/C17H25IN2/c1-13(2)17-12-19-10-4-3-5-16(19)11-20(17)15-8-6-14(18)7-9-15/h6-9,13,16-17H,3-5,10-12H2,1-2H3.